The Morgan fingerprint density at radius 3 is 2.12 bits per heavy atom. The highest BCUT2D eigenvalue weighted by molar-refractivity contribution is 6.30. The minimum atomic E-state index is -1.13. The normalized spacial score (nSPS) is 17.9. The van der Waals surface area contributed by atoms with Crippen LogP contribution < -0.4 is 0 Å². The van der Waals surface area contributed by atoms with E-state index in [1.54, 1.807) is 23.1 Å². The summed E-state index contributed by atoms with van der Waals surface area (Å²) in [6.07, 6.45) is 4.88. The second-order valence-electron chi connectivity index (χ2n) is 6.55. The number of aromatic nitrogens is 3. The molecule has 2 aromatic carbocycles. The van der Waals surface area contributed by atoms with Gasteiger partial charge in [-0.25, -0.2) is 9.67 Å². The Morgan fingerprint density at radius 1 is 1.00 bits per heavy atom. The van der Waals surface area contributed by atoms with Crippen LogP contribution in [0, 0.1) is 0 Å². The van der Waals surface area contributed by atoms with Crippen molar-refractivity contribution in [2.24, 2.45) is 0 Å². The third kappa shape index (κ3) is 2.84. The molecular formula is C19H17Cl2N3O. The lowest BCUT2D eigenvalue weighted by molar-refractivity contribution is -0.0247. The molecule has 6 heteroatoms. The van der Waals surface area contributed by atoms with Gasteiger partial charge in [-0.15, -0.1) is 0 Å². The third-order valence-electron chi connectivity index (χ3n) is 5.12. The van der Waals surface area contributed by atoms with Gasteiger partial charge in [-0.1, -0.05) is 47.5 Å². The first-order valence-corrected chi connectivity index (χ1v) is 8.86. The van der Waals surface area contributed by atoms with Gasteiger partial charge >= 0.3 is 0 Å². The zero-order valence-corrected chi connectivity index (χ0v) is 15.0. The summed E-state index contributed by atoms with van der Waals surface area (Å²) in [5.41, 5.74) is 0.394. The van der Waals surface area contributed by atoms with Crippen molar-refractivity contribution in [3.63, 3.8) is 0 Å². The summed E-state index contributed by atoms with van der Waals surface area (Å²) in [6, 6.07) is 15.1. The number of hydrogen-bond donors (Lipinski definition) is 1. The molecule has 1 fully saturated rings. The Labute approximate surface area is 156 Å². The van der Waals surface area contributed by atoms with Crippen LogP contribution in [0.2, 0.25) is 10.0 Å². The molecule has 1 saturated carbocycles. The molecule has 0 amide bonds. The summed E-state index contributed by atoms with van der Waals surface area (Å²) in [7, 11) is 0. The van der Waals surface area contributed by atoms with E-state index in [9.17, 15) is 5.11 Å². The highest BCUT2D eigenvalue weighted by atomic mass is 35.5. The Bertz CT molecular complexity index is 859. The molecule has 128 valence electrons. The Morgan fingerprint density at radius 2 is 1.60 bits per heavy atom. The quantitative estimate of drug-likeness (QED) is 0.728. The Hall–Kier alpha value is -1.88. The summed E-state index contributed by atoms with van der Waals surface area (Å²) in [6.45, 7) is 0.317. The van der Waals surface area contributed by atoms with Crippen LogP contribution in [0.25, 0.3) is 0 Å². The average Bonchev–Trinajstić information content (AvgIpc) is 3.28. The van der Waals surface area contributed by atoms with Crippen molar-refractivity contribution in [1.82, 2.24) is 14.8 Å². The molecule has 1 atom stereocenters. The molecule has 0 spiro atoms. The maximum Gasteiger partial charge on any atom is 0.137 e. The zero-order valence-electron chi connectivity index (χ0n) is 13.4. The predicted molar refractivity (Wildman–Crippen MR) is 97.7 cm³/mol. The van der Waals surface area contributed by atoms with Gasteiger partial charge in [0.15, 0.2) is 0 Å². The number of hydrogen-bond acceptors (Lipinski definition) is 3. The molecule has 0 aliphatic heterocycles. The molecular weight excluding hydrogens is 357 g/mol. The molecule has 4 rings (SSSR count). The second-order valence-corrected chi connectivity index (χ2v) is 7.42. The van der Waals surface area contributed by atoms with Crippen molar-refractivity contribution >= 4 is 23.2 Å². The van der Waals surface area contributed by atoms with Crippen molar-refractivity contribution in [1.29, 1.82) is 0 Å². The second kappa shape index (κ2) is 6.13. The lowest BCUT2D eigenvalue weighted by Crippen LogP contribution is -2.43. The molecule has 0 bridgehead atoms. The van der Waals surface area contributed by atoms with Crippen LogP contribution in [0.15, 0.2) is 61.2 Å². The minimum absolute atomic E-state index is 0.317. The molecule has 1 aliphatic rings. The van der Waals surface area contributed by atoms with Gasteiger partial charge in [0.1, 0.15) is 18.3 Å². The summed E-state index contributed by atoms with van der Waals surface area (Å²) in [5.74, 6) is 0. The van der Waals surface area contributed by atoms with Gasteiger partial charge in [-0.2, -0.15) is 5.10 Å². The molecule has 1 unspecified atom stereocenters. The third-order valence-corrected chi connectivity index (χ3v) is 5.62. The summed E-state index contributed by atoms with van der Waals surface area (Å²) in [5, 5.41) is 17.4. The van der Waals surface area contributed by atoms with Gasteiger partial charge in [0, 0.05) is 15.5 Å². The van der Waals surface area contributed by atoms with E-state index in [-0.39, 0.29) is 5.41 Å². The van der Waals surface area contributed by atoms with Crippen molar-refractivity contribution in [3.8, 4) is 0 Å². The van der Waals surface area contributed by atoms with Crippen molar-refractivity contribution < 1.29 is 5.11 Å². The molecule has 1 aliphatic carbocycles. The molecule has 1 heterocycles. The van der Waals surface area contributed by atoms with Crippen molar-refractivity contribution in [2.75, 3.05) is 0 Å². The van der Waals surface area contributed by atoms with Gasteiger partial charge in [0.25, 0.3) is 0 Å². The van der Waals surface area contributed by atoms with Gasteiger partial charge in [-0.05, 0) is 48.2 Å². The first kappa shape index (κ1) is 16.6. The van der Waals surface area contributed by atoms with E-state index in [0.29, 0.717) is 16.6 Å². The minimum Gasteiger partial charge on any atom is -0.382 e. The van der Waals surface area contributed by atoms with Gasteiger partial charge in [0.2, 0.25) is 0 Å². The van der Waals surface area contributed by atoms with Gasteiger partial charge in [-0.3, -0.25) is 0 Å². The van der Waals surface area contributed by atoms with Gasteiger partial charge in [0.05, 0.1) is 6.54 Å². The topological polar surface area (TPSA) is 50.9 Å². The predicted octanol–water partition coefficient (Wildman–Crippen LogP) is 4.20. The van der Waals surface area contributed by atoms with E-state index >= 15 is 0 Å². The molecule has 25 heavy (non-hydrogen) atoms. The molecule has 1 N–H and O–H groups in total. The number of rotatable bonds is 5. The maximum absolute atomic E-state index is 11.9. The van der Waals surface area contributed by atoms with E-state index in [1.807, 2.05) is 36.4 Å². The van der Waals surface area contributed by atoms with Gasteiger partial charge < -0.3 is 5.11 Å². The van der Waals surface area contributed by atoms with Crippen LogP contribution in [-0.2, 0) is 17.6 Å². The molecule has 3 aromatic rings. The molecule has 0 saturated heterocycles. The first-order valence-electron chi connectivity index (χ1n) is 8.10. The fraction of sp³-hybridized carbons (Fsp3) is 0.263. The number of nitrogens with zero attached hydrogens (tertiary/aromatic N) is 3. The monoisotopic (exact) mass is 373 g/mol. The Kier molecular flexibility index (Phi) is 4.07. The molecule has 0 radical (unpaired) electrons. The Balaban J connectivity index is 1.82. The standard InChI is InChI=1S/C19H17Cl2N3O/c20-16-5-1-14(2-6-16)18(9-10-18)19(25,11-24-13-22-12-23-24)15-3-7-17(21)8-4-15/h1-8,12-13,25H,9-11H2. The first-order chi connectivity index (χ1) is 12.0. The largest absolute Gasteiger partial charge is 0.382 e. The highest BCUT2D eigenvalue weighted by Crippen LogP contribution is 2.60. The van der Waals surface area contributed by atoms with E-state index in [2.05, 4.69) is 10.1 Å². The molecule has 4 nitrogen and oxygen atoms in total. The van der Waals surface area contributed by atoms with E-state index in [4.69, 9.17) is 23.2 Å². The fourth-order valence-electron chi connectivity index (χ4n) is 3.63. The number of benzene rings is 2. The fourth-order valence-corrected chi connectivity index (χ4v) is 3.88. The summed E-state index contributed by atoms with van der Waals surface area (Å²) < 4.78 is 1.67. The van der Waals surface area contributed by atoms with Crippen molar-refractivity contribution in [3.05, 3.63) is 82.4 Å². The highest BCUT2D eigenvalue weighted by Gasteiger charge is 2.60. The number of halogens is 2. The summed E-state index contributed by atoms with van der Waals surface area (Å²) >= 11 is 12.1. The van der Waals surface area contributed by atoms with Crippen LogP contribution in [0.1, 0.15) is 24.0 Å². The van der Waals surface area contributed by atoms with E-state index < -0.39 is 5.60 Å². The number of aliphatic hydroxyl groups is 1. The average molecular weight is 374 g/mol. The molecule has 1 aromatic heterocycles. The van der Waals surface area contributed by atoms with E-state index in [1.165, 1.54) is 6.33 Å². The van der Waals surface area contributed by atoms with Crippen LogP contribution in [0.5, 0.6) is 0 Å². The lowest BCUT2D eigenvalue weighted by Gasteiger charge is -2.37. The SMILES string of the molecule is OC(Cn1cncn1)(c1ccc(Cl)cc1)C1(c2ccc(Cl)cc2)CC1. The van der Waals surface area contributed by atoms with Crippen LogP contribution >= 0.6 is 23.2 Å². The summed E-state index contributed by atoms with van der Waals surface area (Å²) in [4.78, 5) is 4.00. The zero-order chi connectivity index (χ0) is 17.5. The van der Waals surface area contributed by atoms with Crippen LogP contribution in [0.3, 0.4) is 0 Å². The van der Waals surface area contributed by atoms with Crippen molar-refractivity contribution in [2.45, 2.75) is 30.4 Å². The van der Waals surface area contributed by atoms with Crippen LogP contribution in [0.4, 0.5) is 0 Å². The van der Waals surface area contributed by atoms with Crippen LogP contribution in [-0.4, -0.2) is 19.9 Å². The lowest BCUT2D eigenvalue weighted by atomic mass is 9.74. The smallest absolute Gasteiger partial charge is 0.137 e. The maximum atomic E-state index is 11.9. The van der Waals surface area contributed by atoms with E-state index in [0.717, 1.165) is 24.0 Å².